The highest BCUT2D eigenvalue weighted by Gasteiger charge is 1.87. The molecule has 0 aliphatic carbocycles. The monoisotopic (exact) mass is 112 g/mol. The van der Waals surface area contributed by atoms with Gasteiger partial charge in [0.1, 0.15) is 6.67 Å². The van der Waals surface area contributed by atoms with E-state index in [0.29, 0.717) is 5.56 Å². The van der Waals surface area contributed by atoms with Crippen LogP contribution in [0, 0.1) is 0 Å². The molecule has 8 heavy (non-hydrogen) atoms. The molecule has 0 saturated heterocycles. The Labute approximate surface area is 47.2 Å². The Morgan fingerprint density at radius 1 is 1.38 bits per heavy atom. The number of hydrogen-bond donors (Lipinski definition) is 0. The molecule has 0 fully saturated rings. The van der Waals surface area contributed by atoms with Gasteiger partial charge in [-0.15, -0.1) is 0 Å². The Hall–Kier alpha value is -0.920. The molecule has 0 radical (unpaired) electrons. The molecule has 0 unspecified atom stereocenters. The number of aromatic amines is 1. The second kappa shape index (κ2) is 2.40. The summed E-state index contributed by atoms with van der Waals surface area (Å²) in [4.78, 5) is 2.80. The molecule has 0 bridgehead atoms. The second-order valence-corrected chi connectivity index (χ2v) is 1.54. The van der Waals surface area contributed by atoms with Crippen LogP contribution in [0.25, 0.3) is 0 Å². The summed E-state index contributed by atoms with van der Waals surface area (Å²) in [6.45, 7) is -0.380. The summed E-state index contributed by atoms with van der Waals surface area (Å²) in [5.74, 6) is 0. The number of halogens is 1. The van der Waals surface area contributed by atoms with Crippen LogP contribution in [0.2, 0.25) is 0 Å². The number of pyridine rings is 1. The zero-order valence-corrected chi connectivity index (χ0v) is 4.39. The van der Waals surface area contributed by atoms with Crippen molar-refractivity contribution in [3.05, 3.63) is 30.1 Å². The lowest BCUT2D eigenvalue weighted by atomic mass is 10.3. The molecular formula is C6H7FN+. The smallest absolute Gasteiger partial charge is 0.167 e. The fraction of sp³-hybridized carbons (Fsp3) is 0.167. The zero-order chi connectivity index (χ0) is 5.82. The van der Waals surface area contributed by atoms with Gasteiger partial charge in [-0.3, -0.25) is 0 Å². The van der Waals surface area contributed by atoms with Gasteiger partial charge in [-0.2, -0.15) is 0 Å². The van der Waals surface area contributed by atoms with Gasteiger partial charge < -0.3 is 0 Å². The molecule has 1 rings (SSSR count). The van der Waals surface area contributed by atoms with E-state index in [1.165, 1.54) is 0 Å². The van der Waals surface area contributed by atoms with E-state index in [9.17, 15) is 4.39 Å². The third kappa shape index (κ3) is 1.03. The maximum atomic E-state index is 11.7. The largest absolute Gasteiger partial charge is 0.246 e. The molecule has 0 aromatic carbocycles. The lowest BCUT2D eigenvalue weighted by Gasteiger charge is -1.83. The topological polar surface area (TPSA) is 14.1 Å². The van der Waals surface area contributed by atoms with Crippen molar-refractivity contribution in [2.75, 3.05) is 0 Å². The van der Waals surface area contributed by atoms with E-state index in [4.69, 9.17) is 0 Å². The minimum absolute atomic E-state index is 0.380. The minimum Gasteiger partial charge on any atom is -0.246 e. The van der Waals surface area contributed by atoms with Gasteiger partial charge in [0, 0.05) is 12.1 Å². The molecule has 1 N–H and O–H groups in total. The Bertz CT molecular complexity index is 150. The van der Waals surface area contributed by atoms with Gasteiger partial charge in [0.25, 0.3) is 0 Å². The molecule has 0 aliphatic heterocycles. The van der Waals surface area contributed by atoms with Gasteiger partial charge in [0.15, 0.2) is 12.4 Å². The minimum atomic E-state index is -0.380. The fourth-order valence-corrected chi connectivity index (χ4v) is 0.510. The first-order valence-electron chi connectivity index (χ1n) is 2.44. The first kappa shape index (κ1) is 5.22. The molecular weight excluding hydrogens is 105 g/mol. The third-order valence-corrected chi connectivity index (χ3v) is 0.942. The van der Waals surface area contributed by atoms with Gasteiger partial charge in [-0.05, 0) is 5.56 Å². The van der Waals surface area contributed by atoms with E-state index >= 15 is 0 Å². The first-order chi connectivity index (χ1) is 3.93. The number of hydrogen-bond acceptors (Lipinski definition) is 0. The highest BCUT2D eigenvalue weighted by Crippen LogP contribution is 1.94. The van der Waals surface area contributed by atoms with Crippen LogP contribution < -0.4 is 4.98 Å². The second-order valence-electron chi connectivity index (χ2n) is 1.54. The summed E-state index contributed by atoms with van der Waals surface area (Å²) in [6.07, 6.45) is 3.41. The summed E-state index contributed by atoms with van der Waals surface area (Å²) in [5.41, 5.74) is 0.712. The molecule has 0 amide bonds. The van der Waals surface area contributed by atoms with Crippen molar-refractivity contribution in [3.8, 4) is 0 Å². The van der Waals surface area contributed by atoms with Gasteiger partial charge in [-0.25, -0.2) is 9.37 Å². The number of aromatic nitrogens is 1. The molecule has 42 valence electrons. The van der Waals surface area contributed by atoms with Crippen LogP contribution in [0.1, 0.15) is 5.56 Å². The van der Waals surface area contributed by atoms with E-state index in [0.717, 1.165) is 0 Å². The highest BCUT2D eigenvalue weighted by atomic mass is 19.1. The van der Waals surface area contributed by atoms with Gasteiger partial charge in [0.2, 0.25) is 0 Å². The number of alkyl halides is 1. The van der Waals surface area contributed by atoms with Crippen LogP contribution in [0.4, 0.5) is 4.39 Å². The molecule has 2 heteroatoms. The van der Waals surface area contributed by atoms with Crippen LogP contribution in [-0.4, -0.2) is 0 Å². The number of H-pyrrole nitrogens is 1. The van der Waals surface area contributed by atoms with Crippen molar-refractivity contribution in [1.29, 1.82) is 0 Å². The standard InChI is InChI=1S/C6H6FN/c7-5-6-1-3-8-4-2-6/h1-4H,5H2/p+1. The van der Waals surface area contributed by atoms with Crippen LogP contribution in [-0.2, 0) is 6.67 Å². The Kier molecular flexibility index (Phi) is 1.57. The molecule has 0 saturated carbocycles. The van der Waals surface area contributed by atoms with E-state index in [-0.39, 0.29) is 6.67 Å². The number of rotatable bonds is 1. The summed E-state index contributed by atoms with van der Waals surface area (Å²) in [5, 5.41) is 0. The van der Waals surface area contributed by atoms with E-state index in [1.807, 2.05) is 0 Å². The molecule has 0 spiro atoms. The van der Waals surface area contributed by atoms with Crippen molar-refractivity contribution in [2.24, 2.45) is 0 Å². The summed E-state index contributed by atoms with van der Waals surface area (Å²) in [7, 11) is 0. The van der Waals surface area contributed by atoms with E-state index in [2.05, 4.69) is 4.98 Å². The Balaban J connectivity index is 2.83. The maximum Gasteiger partial charge on any atom is 0.167 e. The maximum absolute atomic E-state index is 11.7. The fourth-order valence-electron chi connectivity index (χ4n) is 0.510. The van der Waals surface area contributed by atoms with E-state index in [1.54, 1.807) is 24.5 Å². The van der Waals surface area contributed by atoms with Crippen LogP contribution in [0.3, 0.4) is 0 Å². The zero-order valence-electron chi connectivity index (χ0n) is 4.39. The third-order valence-electron chi connectivity index (χ3n) is 0.942. The van der Waals surface area contributed by atoms with Crippen LogP contribution in [0.15, 0.2) is 24.5 Å². The van der Waals surface area contributed by atoms with Crippen molar-refractivity contribution in [2.45, 2.75) is 6.67 Å². The number of nitrogens with one attached hydrogen (secondary N) is 1. The van der Waals surface area contributed by atoms with E-state index < -0.39 is 0 Å². The Morgan fingerprint density at radius 3 is 2.38 bits per heavy atom. The average Bonchev–Trinajstić information content (AvgIpc) is 1.90. The SMILES string of the molecule is FCc1cc[nH+]cc1. The first-order valence-corrected chi connectivity index (χ1v) is 2.44. The van der Waals surface area contributed by atoms with Crippen molar-refractivity contribution in [3.63, 3.8) is 0 Å². The molecule has 0 aliphatic rings. The summed E-state index contributed by atoms with van der Waals surface area (Å²) in [6, 6.07) is 3.42. The summed E-state index contributed by atoms with van der Waals surface area (Å²) < 4.78 is 11.7. The normalized spacial score (nSPS) is 9.12. The highest BCUT2D eigenvalue weighted by molar-refractivity contribution is 5.04. The van der Waals surface area contributed by atoms with Gasteiger partial charge >= 0.3 is 0 Å². The molecule has 1 aromatic heterocycles. The molecule has 0 atom stereocenters. The molecule has 1 heterocycles. The average molecular weight is 112 g/mol. The predicted molar refractivity (Wildman–Crippen MR) is 27.8 cm³/mol. The van der Waals surface area contributed by atoms with Crippen molar-refractivity contribution in [1.82, 2.24) is 0 Å². The predicted octanol–water partition coefficient (Wildman–Crippen LogP) is 0.970. The molecule has 1 nitrogen and oxygen atoms in total. The van der Waals surface area contributed by atoms with Crippen LogP contribution >= 0.6 is 0 Å². The van der Waals surface area contributed by atoms with Crippen molar-refractivity contribution < 1.29 is 9.37 Å². The lowest BCUT2D eigenvalue weighted by Crippen LogP contribution is -1.97. The van der Waals surface area contributed by atoms with Crippen LogP contribution in [0.5, 0.6) is 0 Å². The van der Waals surface area contributed by atoms with Gasteiger partial charge in [0.05, 0.1) is 0 Å². The molecule has 1 aromatic rings. The van der Waals surface area contributed by atoms with Gasteiger partial charge in [-0.1, -0.05) is 0 Å². The summed E-state index contributed by atoms with van der Waals surface area (Å²) >= 11 is 0. The Morgan fingerprint density at radius 2 is 2.00 bits per heavy atom. The lowest BCUT2D eigenvalue weighted by molar-refractivity contribution is -0.378. The van der Waals surface area contributed by atoms with Crippen molar-refractivity contribution >= 4 is 0 Å². The quantitative estimate of drug-likeness (QED) is 0.514.